The van der Waals surface area contributed by atoms with Gasteiger partial charge < -0.3 is 4.74 Å². The number of fused-ring (bicyclic) bond motifs is 1. The monoisotopic (exact) mass is 280 g/mol. The zero-order chi connectivity index (χ0) is 13.5. The van der Waals surface area contributed by atoms with Gasteiger partial charge in [0.1, 0.15) is 5.82 Å². The van der Waals surface area contributed by atoms with E-state index in [1.165, 1.54) is 0 Å². The molecule has 1 aliphatic rings. The lowest BCUT2D eigenvalue weighted by atomic mass is 10.1. The van der Waals surface area contributed by atoms with Crippen LogP contribution < -0.4 is 4.74 Å². The Morgan fingerprint density at radius 1 is 1.47 bits per heavy atom. The molecule has 0 aromatic carbocycles. The number of hydrogen-bond donors (Lipinski definition) is 0. The molecule has 102 valence electrons. The zero-order valence-corrected chi connectivity index (χ0v) is 11.6. The molecule has 3 rings (SSSR count). The molecule has 1 aliphatic heterocycles. The lowest BCUT2D eigenvalue weighted by Crippen LogP contribution is -2.10. The van der Waals surface area contributed by atoms with Crippen molar-refractivity contribution in [1.29, 1.82) is 0 Å². The van der Waals surface area contributed by atoms with E-state index in [1.54, 1.807) is 13.3 Å². The Kier molecular flexibility index (Phi) is 2.97. The summed E-state index contributed by atoms with van der Waals surface area (Å²) in [4.78, 5) is 4.40. The highest BCUT2D eigenvalue weighted by Crippen LogP contribution is 2.24. The van der Waals surface area contributed by atoms with Crippen LogP contribution in [0, 0.1) is 5.92 Å². The van der Waals surface area contributed by atoms with Gasteiger partial charge in [-0.05, 0) is 24.5 Å². The van der Waals surface area contributed by atoms with Crippen molar-refractivity contribution in [1.82, 2.24) is 9.38 Å². The van der Waals surface area contributed by atoms with Crippen LogP contribution in [0.15, 0.2) is 24.4 Å². The maximum Gasteiger partial charge on any atom is 0.199 e. The number of imidazole rings is 1. The lowest BCUT2D eigenvalue weighted by molar-refractivity contribution is 0.388. The molecule has 19 heavy (non-hydrogen) atoms. The molecule has 3 heterocycles. The van der Waals surface area contributed by atoms with Gasteiger partial charge in [-0.3, -0.25) is 4.40 Å². The van der Waals surface area contributed by atoms with Crippen LogP contribution in [0.5, 0.6) is 5.88 Å². The van der Waals surface area contributed by atoms with E-state index in [0.29, 0.717) is 12.2 Å². The number of nitrogens with zero attached hydrogens (tertiary/aromatic N) is 2. The number of rotatable bonds is 3. The number of aromatic nitrogens is 2. The van der Waals surface area contributed by atoms with E-state index in [2.05, 4.69) is 4.98 Å². The van der Waals surface area contributed by atoms with E-state index in [9.17, 15) is 8.42 Å². The van der Waals surface area contributed by atoms with Gasteiger partial charge in [-0.2, -0.15) is 0 Å². The van der Waals surface area contributed by atoms with Gasteiger partial charge in [0, 0.05) is 6.42 Å². The predicted molar refractivity (Wildman–Crippen MR) is 72.2 cm³/mol. The van der Waals surface area contributed by atoms with Crippen molar-refractivity contribution in [2.24, 2.45) is 5.92 Å². The molecule has 0 radical (unpaired) electrons. The molecule has 1 atom stereocenters. The Labute approximate surface area is 112 Å². The molecule has 1 fully saturated rings. The van der Waals surface area contributed by atoms with Crippen LogP contribution in [0.1, 0.15) is 12.2 Å². The molecular formula is C13H16N2O3S. The normalized spacial score (nSPS) is 21.8. The Morgan fingerprint density at radius 3 is 3.00 bits per heavy atom. The highest BCUT2D eigenvalue weighted by atomic mass is 32.2. The third-order valence-electron chi connectivity index (χ3n) is 3.60. The minimum Gasteiger partial charge on any atom is -0.482 e. The van der Waals surface area contributed by atoms with Gasteiger partial charge in [0.15, 0.2) is 15.7 Å². The fourth-order valence-electron chi connectivity index (χ4n) is 2.68. The summed E-state index contributed by atoms with van der Waals surface area (Å²) < 4.78 is 30.3. The highest BCUT2D eigenvalue weighted by molar-refractivity contribution is 7.91. The van der Waals surface area contributed by atoms with Crippen LogP contribution in [-0.4, -0.2) is 36.4 Å². The molecule has 2 aromatic heterocycles. The van der Waals surface area contributed by atoms with Crippen molar-refractivity contribution in [3.63, 3.8) is 0 Å². The molecule has 0 N–H and O–H groups in total. The predicted octanol–water partition coefficient (Wildman–Crippen LogP) is 1.32. The van der Waals surface area contributed by atoms with Crippen molar-refractivity contribution in [2.75, 3.05) is 18.6 Å². The fraction of sp³-hybridized carbons (Fsp3) is 0.462. The van der Waals surface area contributed by atoms with Crippen LogP contribution >= 0.6 is 0 Å². The van der Waals surface area contributed by atoms with Crippen molar-refractivity contribution < 1.29 is 13.2 Å². The third kappa shape index (κ3) is 2.32. The molecule has 0 saturated carbocycles. The fourth-order valence-corrected chi connectivity index (χ4v) is 4.54. The van der Waals surface area contributed by atoms with Crippen LogP contribution in [0.4, 0.5) is 0 Å². The van der Waals surface area contributed by atoms with Gasteiger partial charge in [0.2, 0.25) is 0 Å². The van der Waals surface area contributed by atoms with Gasteiger partial charge in [0.25, 0.3) is 0 Å². The summed E-state index contributed by atoms with van der Waals surface area (Å²) in [5.41, 5.74) is 0.968. The molecule has 5 nitrogen and oxygen atoms in total. The quantitative estimate of drug-likeness (QED) is 0.850. The van der Waals surface area contributed by atoms with Crippen LogP contribution in [0.3, 0.4) is 0 Å². The van der Waals surface area contributed by atoms with Gasteiger partial charge >= 0.3 is 0 Å². The first-order valence-corrected chi connectivity index (χ1v) is 8.11. The standard InChI is InChI=1S/C13H16N2O3S/c1-18-13-4-2-3-11-8-14-12(15(11)13)7-10-5-6-19(16,17)9-10/h2-4,8,10H,5-7,9H2,1H3. The summed E-state index contributed by atoms with van der Waals surface area (Å²) in [5, 5.41) is 0. The van der Waals surface area contributed by atoms with Gasteiger partial charge in [-0.15, -0.1) is 0 Å². The minimum absolute atomic E-state index is 0.167. The number of ether oxygens (including phenoxy) is 1. The van der Waals surface area contributed by atoms with E-state index < -0.39 is 9.84 Å². The SMILES string of the molecule is COc1cccc2cnc(CC3CCS(=O)(=O)C3)n12. The molecule has 0 bridgehead atoms. The maximum atomic E-state index is 11.5. The second-order valence-corrected chi connectivity index (χ2v) is 7.20. The first kappa shape index (κ1) is 12.5. The van der Waals surface area contributed by atoms with E-state index in [4.69, 9.17) is 4.74 Å². The topological polar surface area (TPSA) is 60.7 Å². The van der Waals surface area contributed by atoms with Gasteiger partial charge in [-0.25, -0.2) is 13.4 Å². The number of hydrogen-bond acceptors (Lipinski definition) is 4. The van der Waals surface area contributed by atoms with E-state index in [1.807, 2.05) is 22.6 Å². The second kappa shape index (κ2) is 4.52. The first-order valence-electron chi connectivity index (χ1n) is 6.29. The molecule has 0 amide bonds. The summed E-state index contributed by atoms with van der Waals surface area (Å²) in [6.45, 7) is 0. The van der Waals surface area contributed by atoms with Crippen molar-refractivity contribution in [3.05, 3.63) is 30.2 Å². The van der Waals surface area contributed by atoms with Crippen LogP contribution in [0.2, 0.25) is 0 Å². The summed E-state index contributed by atoms with van der Waals surface area (Å²) in [6, 6.07) is 5.76. The number of sulfone groups is 1. The molecule has 0 aliphatic carbocycles. The Morgan fingerprint density at radius 2 is 2.32 bits per heavy atom. The zero-order valence-electron chi connectivity index (χ0n) is 10.7. The van der Waals surface area contributed by atoms with Crippen LogP contribution in [-0.2, 0) is 16.3 Å². The Balaban J connectivity index is 1.93. The summed E-state index contributed by atoms with van der Waals surface area (Å²) >= 11 is 0. The molecular weight excluding hydrogens is 264 g/mol. The van der Waals surface area contributed by atoms with E-state index in [-0.39, 0.29) is 11.7 Å². The second-order valence-electron chi connectivity index (χ2n) is 4.98. The smallest absolute Gasteiger partial charge is 0.199 e. The van der Waals surface area contributed by atoms with Crippen LogP contribution in [0.25, 0.3) is 5.52 Å². The third-order valence-corrected chi connectivity index (χ3v) is 5.43. The number of methoxy groups -OCH3 is 1. The summed E-state index contributed by atoms with van der Waals surface area (Å²) in [7, 11) is -1.21. The summed E-state index contributed by atoms with van der Waals surface area (Å²) in [6.07, 6.45) is 3.20. The minimum atomic E-state index is -2.84. The summed E-state index contributed by atoms with van der Waals surface area (Å²) in [5.74, 6) is 2.34. The van der Waals surface area contributed by atoms with E-state index >= 15 is 0 Å². The van der Waals surface area contributed by atoms with E-state index in [0.717, 1.165) is 23.6 Å². The van der Waals surface area contributed by atoms with Gasteiger partial charge in [0.05, 0.1) is 30.3 Å². The highest BCUT2D eigenvalue weighted by Gasteiger charge is 2.29. The number of pyridine rings is 1. The molecule has 6 heteroatoms. The van der Waals surface area contributed by atoms with Crippen molar-refractivity contribution in [2.45, 2.75) is 12.8 Å². The lowest BCUT2D eigenvalue weighted by Gasteiger charge is -2.09. The molecule has 0 spiro atoms. The average Bonchev–Trinajstić information content (AvgIpc) is 2.93. The Hall–Kier alpha value is -1.56. The maximum absolute atomic E-state index is 11.5. The van der Waals surface area contributed by atoms with Crippen molar-refractivity contribution in [3.8, 4) is 5.88 Å². The first-order chi connectivity index (χ1) is 9.09. The molecule has 1 saturated heterocycles. The average molecular weight is 280 g/mol. The molecule has 2 aromatic rings. The van der Waals surface area contributed by atoms with Gasteiger partial charge in [-0.1, -0.05) is 6.07 Å². The largest absolute Gasteiger partial charge is 0.482 e. The Bertz CT molecular complexity index is 706. The van der Waals surface area contributed by atoms with Crippen molar-refractivity contribution >= 4 is 15.4 Å². The molecule has 1 unspecified atom stereocenters.